The van der Waals surface area contributed by atoms with E-state index in [0.717, 1.165) is 16.7 Å². The van der Waals surface area contributed by atoms with E-state index in [-0.39, 0.29) is 0 Å². The average molecular weight is 468 g/mol. The lowest BCUT2D eigenvalue weighted by Crippen LogP contribution is -2.31. The van der Waals surface area contributed by atoms with Crippen LogP contribution in [0.4, 0.5) is 5.95 Å². The zero-order valence-corrected chi connectivity index (χ0v) is 19.4. The fourth-order valence-electron chi connectivity index (χ4n) is 4.18. The summed E-state index contributed by atoms with van der Waals surface area (Å²) >= 11 is 0. The van der Waals surface area contributed by atoms with Crippen LogP contribution in [0.25, 0.3) is 11.4 Å². The third kappa shape index (κ3) is 4.46. The average Bonchev–Trinajstić information content (AvgIpc) is 3.31. The number of carbonyl (C=O) groups is 1. The number of primary amides is 1. The Morgan fingerprint density at radius 1 is 1.03 bits per heavy atom. The lowest BCUT2D eigenvalue weighted by molar-refractivity contribution is -0.115. The number of nitrogens with zero attached hydrogens (tertiary/aromatic N) is 3. The van der Waals surface area contributed by atoms with Gasteiger partial charge in [0.1, 0.15) is 24.1 Å². The third-order valence-corrected chi connectivity index (χ3v) is 5.87. The predicted octanol–water partition coefficient (Wildman–Crippen LogP) is 4.31. The molecule has 0 radical (unpaired) electrons. The molecule has 176 valence electrons. The fraction of sp³-hybridized carbons (Fsp3) is 0.148. The summed E-state index contributed by atoms with van der Waals surface area (Å²) in [5, 5.41) is 7.93. The van der Waals surface area contributed by atoms with Crippen LogP contribution in [0.1, 0.15) is 24.1 Å². The van der Waals surface area contributed by atoms with Crippen molar-refractivity contribution in [2.24, 2.45) is 5.73 Å². The second kappa shape index (κ2) is 9.34. The minimum Gasteiger partial charge on any atom is -0.497 e. The maximum atomic E-state index is 12.5. The molecule has 1 aliphatic rings. The Bertz CT molecular complexity index is 1410. The number of benzene rings is 3. The molecule has 1 atom stereocenters. The first-order valence-corrected chi connectivity index (χ1v) is 11.2. The minimum absolute atomic E-state index is 0.416. The number of anilines is 1. The van der Waals surface area contributed by atoms with E-state index in [9.17, 15) is 4.79 Å². The molecule has 1 unspecified atom stereocenters. The summed E-state index contributed by atoms with van der Waals surface area (Å²) in [4.78, 5) is 17.2. The summed E-state index contributed by atoms with van der Waals surface area (Å²) in [6, 6.07) is 24.5. The van der Waals surface area contributed by atoms with E-state index in [1.54, 1.807) is 11.8 Å². The highest BCUT2D eigenvalue weighted by atomic mass is 16.5. The number of nitrogens with two attached hydrogens (primary N) is 1. The number of allylic oxidation sites excluding steroid dienone is 1. The van der Waals surface area contributed by atoms with Gasteiger partial charge in [-0.1, -0.05) is 54.6 Å². The number of fused-ring (bicyclic) bond motifs is 1. The van der Waals surface area contributed by atoms with Gasteiger partial charge in [0.05, 0.1) is 12.7 Å². The van der Waals surface area contributed by atoms with Crippen molar-refractivity contribution in [2.45, 2.75) is 19.6 Å². The quantitative estimate of drug-likeness (QED) is 0.420. The molecule has 2 heterocycles. The molecule has 5 rings (SSSR count). The number of rotatable bonds is 7. The first-order valence-electron chi connectivity index (χ1n) is 11.2. The summed E-state index contributed by atoms with van der Waals surface area (Å²) in [6.07, 6.45) is 0. The van der Waals surface area contributed by atoms with Crippen LogP contribution in [0.3, 0.4) is 0 Å². The topological polar surface area (TPSA) is 104 Å². The highest BCUT2D eigenvalue weighted by Gasteiger charge is 2.33. The zero-order chi connectivity index (χ0) is 24.4. The van der Waals surface area contributed by atoms with Crippen molar-refractivity contribution in [1.29, 1.82) is 0 Å². The fourth-order valence-corrected chi connectivity index (χ4v) is 4.18. The second-order valence-electron chi connectivity index (χ2n) is 8.21. The maximum Gasteiger partial charge on any atom is 0.248 e. The number of hydrogen-bond donors (Lipinski definition) is 2. The Balaban J connectivity index is 1.53. The van der Waals surface area contributed by atoms with Gasteiger partial charge in [-0.2, -0.15) is 4.98 Å². The van der Waals surface area contributed by atoms with E-state index in [2.05, 4.69) is 10.3 Å². The lowest BCUT2D eigenvalue weighted by atomic mass is 9.95. The number of ether oxygens (including phenoxy) is 2. The monoisotopic (exact) mass is 467 g/mol. The standard InChI is InChI=1S/C27H25N5O3/c1-17-23(25(28)33)24(19-10-6-13-22(14-19)35-16-18-8-4-3-5-9-18)32-27(29-17)30-26(31-32)20-11-7-12-21(15-20)34-2/h3-15,24H,16H2,1-2H3,(H2,28,33)(H,29,30,31). The van der Waals surface area contributed by atoms with Gasteiger partial charge in [-0.3, -0.25) is 4.79 Å². The first kappa shape index (κ1) is 22.2. The first-order chi connectivity index (χ1) is 17.0. The zero-order valence-electron chi connectivity index (χ0n) is 19.4. The minimum atomic E-state index is -0.559. The van der Waals surface area contributed by atoms with Crippen LogP contribution in [0.5, 0.6) is 11.5 Å². The molecule has 3 N–H and O–H groups in total. The largest absolute Gasteiger partial charge is 0.497 e. The van der Waals surface area contributed by atoms with Gasteiger partial charge in [-0.05, 0) is 42.3 Å². The van der Waals surface area contributed by atoms with Gasteiger partial charge >= 0.3 is 0 Å². The Morgan fingerprint density at radius 2 is 1.80 bits per heavy atom. The molecule has 8 heteroatoms. The van der Waals surface area contributed by atoms with Crippen LogP contribution in [0.2, 0.25) is 0 Å². The number of amides is 1. The molecule has 3 aromatic carbocycles. The van der Waals surface area contributed by atoms with Crippen molar-refractivity contribution in [3.8, 4) is 22.9 Å². The Labute approximate surface area is 203 Å². The van der Waals surface area contributed by atoms with Crippen molar-refractivity contribution < 1.29 is 14.3 Å². The molecule has 0 saturated heterocycles. The highest BCUT2D eigenvalue weighted by Crippen LogP contribution is 2.37. The molecule has 35 heavy (non-hydrogen) atoms. The molecule has 0 spiro atoms. The summed E-state index contributed by atoms with van der Waals surface area (Å²) in [5.41, 5.74) is 9.55. The van der Waals surface area contributed by atoms with Crippen molar-refractivity contribution in [1.82, 2.24) is 14.8 Å². The molecule has 0 bridgehead atoms. The van der Waals surface area contributed by atoms with Gasteiger partial charge in [0, 0.05) is 11.3 Å². The van der Waals surface area contributed by atoms with E-state index >= 15 is 0 Å². The smallest absolute Gasteiger partial charge is 0.248 e. The van der Waals surface area contributed by atoms with Crippen LogP contribution in [-0.2, 0) is 11.4 Å². The molecule has 0 aliphatic carbocycles. The lowest BCUT2D eigenvalue weighted by Gasteiger charge is -2.27. The van der Waals surface area contributed by atoms with E-state index in [0.29, 0.717) is 41.1 Å². The number of carbonyl (C=O) groups excluding carboxylic acids is 1. The molecule has 0 fully saturated rings. The number of aromatic nitrogens is 3. The Morgan fingerprint density at radius 3 is 2.57 bits per heavy atom. The van der Waals surface area contributed by atoms with Crippen molar-refractivity contribution in [3.05, 3.63) is 101 Å². The molecular weight excluding hydrogens is 442 g/mol. The van der Waals surface area contributed by atoms with Crippen molar-refractivity contribution in [2.75, 3.05) is 12.4 Å². The SMILES string of the molecule is COc1cccc(-c2nc3n(n2)C(c2cccc(OCc4ccccc4)c2)C(C(N)=O)=C(C)N3)c1. The highest BCUT2D eigenvalue weighted by molar-refractivity contribution is 5.95. The number of nitrogens with one attached hydrogen (secondary N) is 1. The molecule has 0 saturated carbocycles. The molecule has 1 aliphatic heterocycles. The van der Waals surface area contributed by atoms with Crippen LogP contribution < -0.4 is 20.5 Å². The third-order valence-electron chi connectivity index (χ3n) is 5.87. The molecule has 8 nitrogen and oxygen atoms in total. The summed E-state index contributed by atoms with van der Waals surface area (Å²) < 4.78 is 13.1. The van der Waals surface area contributed by atoms with E-state index in [1.807, 2.05) is 85.8 Å². The van der Waals surface area contributed by atoms with Crippen molar-refractivity contribution in [3.63, 3.8) is 0 Å². The van der Waals surface area contributed by atoms with Crippen LogP contribution in [-0.4, -0.2) is 27.8 Å². The molecule has 1 aromatic heterocycles. The summed E-state index contributed by atoms with van der Waals surface area (Å²) in [6.45, 7) is 2.24. The van der Waals surface area contributed by atoms with E-state index < -0.39 is 11.9 Å². The van der Waals surface area contributed by atoms with Crippen molar-refractivity contribution >= 4 is 11.9 Å². The number of hydrogen-bond acceptors (Lipinski definition) is 6. The van der Waals surface area contributed by atoms with Gasteiger partial charge in [0.2, 0.25) is 11.9 Å². The number of methoxy groups -OCH3 is 1. The van der Waals surface area contributed by atoms with Crippen LogP contribution in [0, 0.1) is 0 Å². The molecule has 4 aromatic rings. The van der Waals surface area contributed by atoms with Gasteiger partial charge < -0.3 is 20.5 Å². The van der Waals surface area contributed by atoms with Crippen LogP contribution in [0.15, 0.2) is 90.1 Å². The summed E-state index contributed by atoms with van der Waals surface area (Å²) in [7, 11) is 1.61. The van der Waals surface area contributed by atoms with Gasteiger partial charge in [-0.25, -0.2) is 4.68 Å². The predicted molar refractivity (Wildman–Crippen MR) is 133 cm³/mol. The van der Waals surface area contributed by atoms with Crippen LogP contribution >= 0.6 is 0 Å². The summed E-state index contributed by atoms with van der Waals surface area (Å²) in [5.74, 6) is 1.88. The van der Waals surface area contributed by atoms with E-state index in [1.165, 1.54) is 0 Å². The van der Waals surface area contributed by atoms with Gasteiger partial charge in [0.15, 0.2) is 5.82 Å². The maximum absolute atomic E-state index is 12.5. The normalized spacial score (nSPS) is 14.7. The van der Waals surface area contributed by atoms with E-state index in [4.69, 9.17) is 20.3 Å². The Hall–Kier alpha value is -4.59. The Kier molecular flexibility index (Phi) is 5.93. The second-order valence-corrected chi connectivity index (χ2v) is 8.21. The molecular formula is C27H25N5O3. The van der Waals surface area contributed by atoms with Gasteiger partial charge in [0.25, 0.3) is 0 Å². The molecule has 1 amide bonds. The van der Waals surface area contributed by atoms with Gasteiger partial charge in [-0.15, -0.1) is 5.10 Å².